The van der Waals surface area contributed by atoms with Crippen molar-refractivity contribution in [1.29, 1.82) is 0 Å². The van der Waals surface area contributed by atoms with Crippen LogP contribution < -0.4 is 10.3 Å². The quantitative estimate of drug-likeness (QED) is 0.691. The first kappa shape index (κ1) is 20.3. The van der Waals surface area contributed by atoms with E-state index < -0.39 is 10.0 Å². The summed E-state index contributed by atoms with van der Waals surface area (Å²) in [6, 6.07) is 6.98. The third kappa shape index (κ3) is 5.51. The Morgan fingerprint density at radius 2 is 1.67 bits per heavy atom. The van der Waals surface area contributed by atoms with Crippen LogP contribution in [0.25, 0.3) is 0 Å². The summed E-state index contributed by atoms with van der Waals surface area (Å²) in [7, 11) is -1.23. The van der Waals surface area contributed by atoms with E-state index in [1.54, 1.807) is 16.4 Å². The first-order chi connectivity index (χ1) is 12.9. The zero-order valence-electron chi connectivity index (χ0n) is 16.1. The number of carbonyl (C=O) groups excluding carboxylic acids is 1. The highest BCUT2D eigenvalue weighted by atomic mass is 32.2. The third-order valence-corrected chi connectivity index (χ3v) is 7.33. The molecule has 3 rings (SSSR count). The predicted octanol–water partition coefficient (Wildman–Crippen LogP) is -0.345. The molecule has 1 aromatic rings. The summed E-state index contributed by atoms with van der Waals surface area (Å²) in [6.45, 7) is 5.04. The van der Waals surface area contributed by atoms with Crippen LogP contribution in [-0.2, 0) is 21.2 Å². The minimum absolute atomic E-state index is 0.0135. The van der Waals surface area contributed by atoms with E-state index in [-0.39, 0.29) is 5.91 Å². The molecule has 0 atom stereocenters. The number of piperidine rings is 1. The van der Waals surface area contributed by atoms with Gasteiger partial charge in [-0.3, -0.25) is 10.2 Å². The van der Waals surface area contributed by atoms with E-state index in [1.807, 2.05) is 17.1 Å². The Morgan fingerprint density at radius 1 is 1.04 bits per heavy atom. The predicted molar refractivity (Wildman–Crippen MR) is 104 cm³/mol. The van der Waals surface area contributed by atoms with Crippen molar-refractivity contribution in [2.75, 3.05) is 46.3 Å². The van der Waals surface area contributed by atoms with E-state index in [9.17, 15) is 13.2 Å². The lowest BCUT2D eigenvalue weighted by atomic mass is 10.1. The molecular formula is C19H31N4O3S+. The number of nitrogens with zero attached hydrogens (tertiary/aromatic N) is 2. The van der Waals surface area contributed by atoms with Crippen LogP contribution in [0.4, 0.5) is 0 Å². The summed E-state index contributed by atoms with van der Waals surface area (Å²) in [5.74, 6) is 0.0135. The molecule has 2 aliphatic rings. The van der Waals surface area contributed by atoms with E-state index in [1.165, 1.54) is 4.90 Å². The number of hydrogen-bond donors (Lipinski definition) is 2. The van der Waals surface area contributed by atoms with Gasteiger partial charge in [0, 0.05) is 19.5 Å². The lowest BCUT2D eigenvalue weighted by molar-refractivity contribution is -0.884. The van der Waals surface area contributed by atoms with Gasteiger partial charge in [0.15, 0.2) is 0 Å². The molecule has 1 amide bonds. The van der Waals surface area contributed by atoms with E-state index in [0.717, 1.165) is 51.0 Å². The molecule has 0 saturated carbocycles. The van der Waals surface area contributed by atoms with E-state index >= 15 is 0 Å². The lowest BCUT2D eigenvalue weighted by Gasteiger charge is -2.30. The fourth-order valence-electron chi connectivity index (χ4n) is 3.57. The number of amides is 1. The fourth-order valence-corrected chi connectivity index (χ4v) is 5.09. The van der Waals surface area contributed by atoms with Crippen molar-refractivity contribution >= 4 is 15.9 Å². The number of aryl methyl sites for hydroxylation is 1. The van der Waals surface area contributed by atoms with Crippen LogP contribution in [0.1, 0.15) is 31.2 Å². The van der Waals surface area contributed by atoms with Gasteiger partial charge in [-0.05, 0) is 37.0 Å². The van der Waals surface area contributed by atoms with Gasteiger partial charge in [-0.2, -0.15) is 4.31 Å². The number of hydrogen-bond acceptors (Lipinski definition) is 4. The number of piperazine rings is 1. The summed E-state index contributed by atoms with van der Waals surface area (Å²) in [5, 5.41) is 1.99. The molecule has 0 aromatic heterocycles. The molecule has 1 aromatic carbocycles. The Morgan fingerprint density at radius 3 is 2.30 bits per heavy atom. The summed E-state index contributed by atoms with van der Waals surface area (Å²) in [4.78, 5) is 14.0. The highest BCUT2D eigenvalue weighted by Gasteiger charge is 2.25. The SMILES string of the molecule is C[NH+]1CCN(NC(=O)CCc2ccc(S(=O)(=O)N3CCCCC3)cc2)CC1. The van der Waals surface area contributed by atoms with E-state index in [0.29, 0.717) is 30.8 Å². The van der Waals surface area contributed by atoms with Gasteiger partial charge in [-0.15, -0.1) is 0 Å². The molecule has 2 N–H and O–H groups in total. The van der Waals surface area contributed by atoms with E-state index in [4.69, 9.17) is 0 Å². The van der Waals surface area contributed by atoms with Crippen molar-refractivity contribution in [3.05, 3.63) is 29.8 Å². The van der Waals surface area contributed by atoms with Crippen molar-refractivity contribution in [1.82, 2.24) is 14.7 Å². The standard InChI is InChI=1S/C19H30N4O3S/c1-21-13-15-22(16-14-21)20-19(24)10-7-17-5-8-18(9-6-17)27(25,26)23-11-3-2-4-12-23/h5-6,8-9H,2-4,7,10-16H2,1H3,(H,20,24)/p+1. The first-order valence-electron chi connectivity index (χ1n) is 9.90. The average molecular weight is 396 g/mol. The van der Waals surface area contributed by atoms with Crippen LogP contribution in [0.5, 0.6) is 0 Å². The summed E-state index contributed by atoms with van der Waals surface area (Å²) in [5.41, 5.74) is 3.94. The highest BCUT2D eigenvalue weighted by molar-refractivity contribution is 7.89. The van der Waals surface area contributed by atoms with Crippen molar-refractivity contribution in [3.8, 4) is 0 Å². The second kappa shape index (κ2) is 9.14. The summed E-state index contributed by atoms with van der Waals surface area (Å²) in [6.07, 6.45) is 3.97. The number of hydrazine groups is 1. The Balaban J connectivity index is 1.49. The van der Waals surface area contributed by atoms with Gasteiger partial charge in [0.1, 0.15) is 0 Å². The number of carbonyl (C=O) groups is 1. The number of nitrogens with one attached hydrogen (secondary N) is 2. The number of sulfonamides is 1. The molecule has 2 heterocycles. The zero-order chi connectivity index (χ0) is 19.3. The molecule has 8 heteroatoms. The maximum Gasteiger partial charge on any atom is 0.243 e. The molecular weight excluding hydrogens is 364 g/mol. The van der Waals surface area contributed by atoms with Crippen molar-refractivity contribution in [2.45, 2.75) is 37.0 Å². The van der Waals surface area contributed by atoms with Gasteiger partial charge >= 0.3 is 0 Å². The maximum atomic E-state index is 12.7. The molecule has 150 valence electrons. The van der Waals surface area contributed by atoms with Gasteiger partial charge in [0.25, 0.3) is 0 Å². The number of benzene rings is 1. The Hall–Kier alpha value is -1.48. The second-order valence-corrected chi connectivity index (χ2v) is 9.53. The fraction of sp³-hybridized carbons (Fsp3) is 0.632. The normalized spacial score (nSPS) is 20.5. The highest BCUT2D eigenvalue weighted by Crippen LogP contribution is 2.21. The Bertz CT molecular complexity index is 722. The molecule has 7 nitrogen and oxygen atoms in total. The largest absolute Gasteiger partial charge is 0.335 e. The minimum Gasteiger partial charge on any atom is -0.335 e. The van der Waals surface area contributed by atoms with Gasteiger partial charge in [-0.1, -0.05) is 18.6 Å². The van der Waals surface area contributed by atoms with Crippen LogP contribution in [0, 0.1) is 0 Å². The van der Waals surface area contributed by atoms with Crippen molar-refractivity contribution in [2.24, 2.45) is 0 Å². The average Bonchev–Trinajstić information content (AvgIpc) is 2.69. The number of rotatable bonds is 6. The second-order valence-electron chi connectivity index (χ2n) is 7.59. The summed E-state index contributed by atoms with van der Waals surface area (Å²) < 4.78 is 26.9. The Labute approximate surface area is 162 Å². The topological polar surface area (TPSA) is 74.2 Å². The maximum absolute atomic E-state index is 12.7. The van der Waals surface area contributed by atoms with Crippen molar-refractivity contribution in [3.63, 3.8) is 0 Å². The molecule has 0 radical (unpaired) electrons. The Kier molecular flexibility index (Phi) is 6.86. The minimum atomic E-state index is -3.39. The molecule has 27 heavy (non-hydrogen) atoms. The van der Waals surface area contributed by atoms with Gasteiger partial charge < -0.3 is 4.90 Å². The molecule has 2 fully saturated rings. The lowest BCUT2D eigenvalue weighted by Crippen LogP contribution is -3.12. The monoisotopic (exact) mass is 395 g/mol. The molecule has 2 aliphatic heterocycles. The van der Waals surface area contributed by atoms with E-state index in [2.05, 4.69) is 12.5 Å². The zero-order valence-corrected chi connectivity index (χ0v) is 16.9. The van der Waals surface area contributed by atoms with Crippen LogP contribution in [0.3, 0.4) is 0 Å². The van der Waals surface area contributed by atoms with Crippen LogP contribution in [0.2, 0.25) is 0 Å². The van der Waals surface area contributed by atoms with Crippen molar-refractivity contribution < 1.29 is 18.1 Å². The first-order valence-corrected chi connectivity index (χ1v) is 11.3. The van der Waals surface area contributed by atoms with Crippen LogP contribution in [0.15, 0.2) is 29.2 Å². The molecule has 0 bridgehead atoms. The number of likely N-dealkylation sites (N-methyl/N-ethyl adjacent to an activating group) is 1. The number of quaternary nitrogens is 1. The third-order valence-electron chi connectivity index (χ3n) is 5.42. The van der Waals surface area contributed by atoms with Gasteiger partial charge in [0.2, 0.25) is 15.9 Å². The van der Waals surface area contributed by atoms with Crippen LogP contribution in [-0.4, -0.2) is 70.0 Å². The molecule has 2 saturated heterocycles. The smallest absolute Gasteiger partial charge is 0.243 e. The molecule has 0 aliphatic carbocycles. The van der Waals surface area contributed by atoms with Gasteiger partial charge in [-0.25, -0.2) is 13.4 Å². The summed E-state index contributed by atoms with van der Waals surface area (Å²) >= 11 is 0. The van der Waals surface area contributed by atoms with Gasteiger partial charge in [0.05, 0.1) is 38.1 Å². The van der Waals surface area contributed by atoms with Crippen LogP contribution >= 0.6 is 0 Å². The molecule has 0 spiro atoms. The molecule has 0 unspecified atom stereocenters.